The lowest BCUT2D eigenvalue weighted by atomic mass is 9.94. The number of nitrogens with one attached hydrogen (secondary N) is 1. The van der Waals surface area contributed by atoms with Crippen LogP contribution in [0.15, 0.2) is 54.6 Å². The Bertz CT molecular complexity index is 1140. The highest BCUT2D eigenvalue weighted by Gasteiger charge is 2.51. The highest BCUT2D eigenvalue weighted by molar-refractivity contribution is 6.01. The SMILES string of the molecule is COc1cccc(-c2ccc(NC(=O)C3(c4ccc5c(c4)OCO5)CC3)nc2C)c1.[HH]. The van der Waals surface area contributed by atoms with E-state index in [-0.39, 0.29) is 14.1 Å². The van der Waals surface area contributed by atoms with Crippen LogP contribution in [-0.2, 0) is 10.2 Å². The number of nitrogens with zero attached hydrogens (tertiary/aromatic N) is 1. The summed E-state index contributed by atoms with van der Waals surface area (Å²) in [5, 5.41) is 3.01. The van der Waals surface area contributed by atoms with Crippen LogP contribution in [0.3, 0.4) is 0 Å². The summed E-state index contributed by atoms with van der Waals surface area (Å²) >= 11 is 0. The van der Waals surface area contributed by atoms with Crippen LogP contribution in [0.25, 0.3) is 11.1 Å². The fourth-order valence-corrected chi connectivity index (χ4v) is 3.93. The molecule has 154 valence electrons. The molecule has 0 saturated heterocycles. The maximum absolute atomic E-state index is 13.1. The van der Waals surface area contributed by atoms with E-state index in [2.05, 4.69) is 10.3 Å². The molecule has 1 N–H and O–H groups in total. The first kappa shape index (κ1) is 18.5. The first-order valence-electron chi connectivity index (χ1n) is 9.93. The number of fused-ring (bicyclic) bond motifs is 1. The number of aromatic nitrogens is 1. The summed E-state index contributed by atoms with van der Waals surface area (Å²) in [5.74, 6) is 2.73. The molecule has 2 aliphatic rings. The van der Waals surface area contributed by atoms with Crippen molar-refractivity contribution in [2.24, 2.45) is 0 Å². The van der Waals surface area contributed by atoms with Gasteiger partial charge in [-0.2, -0.15) is 0 Å². The van der Waals surface area contributed by atoms with Crippen molar-refractivity contribution in [2.75, 3.05) is 19.2 Å². The Labute approximate surface area is 176 Å². The number of anilines is 1. The zero-order valence-electron chi connectivity index (χ0n) is 16.9. The van der Waals surface area contributed by atoms with Crippen molar-refractivity contribution in [3.8, 4) is 28.4 Å². The number of benzene rings is 2. The number of aryl methyl sites for hydroxylation is 1. The van der Waals surface area contributed by atoms with Gasteiger partial charge in [-0.25, -0.2) is 4.98 Å². The molecule has 0 atom stereocenters. The molecule has 3 aromatic rings. The third-order valence-corrected chi connectivity index (χ3v) is 5.82. The summed E-state index contributed by atoms with van der Waals surface area (Å²) < 4.78 is 16.2. The van der Waals surface area contributed by atoms with Gasteiger partial charge in [0.2, 0.25) is 12.7 Å². The summed E-state index contributed by atoms with van der Waals surface area (Å²) in [4.78, 5) is 17.7. The van der Waals surface area contributed by atoms with Crippen molar-refractivity contribution in [1.29, 1.82) is 0 Å². The zero-order valence-corrected chi connectivity index (χ0v) is 16.9. The van der Waals surface area contributed by atoms with Crippen LogP contribution < -0.4 is 19.5 Å². The molecule has 0 unspecified atom stereocenters. The number of rotatable bonds is 5. The van der Waals surface area contributed by atoms with E-state index in [4.69, 9.17) is 14.2 Å². The van der Waals surface area contributed by atoms with E-state index in [1.807, 2.05) is 61.5 Å². The van der Waals surface area contributed by atoms with E-state index >= 15 is 0 Å². The normalized spacial score (nSPS) is 15.5. The van der Waals surface area contributed by atoms with Crippen molar-refractivity contribution in [2.45, 2.75) is 25.2 Å². The molecule has 0 radical (unpaired) electrons. The Hall–Kier alpha value is -3.54. The van der Waals surface area contributed by atoms with Gasteiger partial charge >= 0.3 is 0 Å². The number of carbonyl (C=O) groups excluding carboxylic acids is 1. The summed E-state index contributed by atoms with van der Waals surface area (Å²) in [6, 6.07) is 17.4. The van der Waals surface area contributed by atoms with Gasteiger partial charge in [0.05, 0.1) is 12.5 Å². The lowest BCUT2D eigenvalue weighted by Crippen LogP contribution is -2.28. The Morgan fingerprint density at radius 3 is 2.70 bits per heavy atom. The minimum Gasteiger partial charge on any atom is -0.497 e. The van der Waals surface area contributed by atoms with E-state index in [1.54, 1.807) is 7.11 Å². The standard InChI is InChI=1S/C24H22N2O4.H2/c1-15-19(16-4-3-5-18(12-16)28-2)7-9-22(25-15)26-23(27)24(10-11-24)17-6-8-20-21(13-17)30-14-29-20;/h3-9,12-13H,10-11,14H2,1-2H3,(H,25,26,27);1H. The second kappa shape index (κ2) is 7.06. The van der Waals surface area contributed by atoms with Crippen LogP contribution in [0.5, 0.6) is 17.2 Å². The molecule has 1 amide bonds. The Morgan fingerprint density at radius 1 is 1.10 bits per heavy atom. The van der Waals surface area contributed by atoms with Crippen LogP contribution in [0.1, 0.15) is 25.5 Å². The minimum atomic E-state index is -0.526. The first-order valence-corrected chi connectivity index (χ1v) is 9.93. The van der Waals surface area contributed by atoms with Crippen LogP contribution in [0.4, 0.5) is 5.82 Å². The fraction of sp³-hybridized carbons (Fsp3) is 0.250. The number of hydrogen-bond donors (Lipinski definition) is 1. The molecule has 1 aliphatic carbocycles. The highest BCUT2D eigenvalue weighted by Crippen LogP contribution is 2.51. The number of carbonyl (C=O) groups is 1. The molecule has 6 nitrogen and oxygen atoms in total. The Balaban J connectivity index is 0.00000231. The predicted molar refractivity (Wildman–Crippen MR) is 115 cm³/mol. The van der Waals surface area contributed by atoms with Crippen molar-refractivity contribution in [1.82, 2.24) is 4.98 Å². The molecular formula is C24H24N2O4. The number of pyridine rings is 1. The topological polar surface area (TPSA) is 69.7 Å². The summed E-state index contributed by atoms with van der Waals surface area (Å²) in [6.07, 6.45) is 1.61. The van der Waals surface area contributed by atoms with E-state index in [1.165, 1.54) is 0 Å². The molecule has 5 rings (SSSR count). The Kier molecular flexibility index (Phi) is 4.35. The van der Waals surface area contributed by atoms with Gasteiger partial charge in [0.25, 0.3) is 0 Å². The van der Waals surface area contributed by atoms with Crippen molar-refractivity contribution in [3.63, 3.8) is 0 Å². The van der Waals surface area contributed by atoms with Crippen molar-refractivity contribution in [3.05, 3.63) is 65.9 Å². The third kappa shape index (κ3) is 3.14. The van der Waals surface area contributed by atoms with E-state index in [0.717, 1.165) is 46.7 Å². The van der Waals surface area contributed by atoms with Crippen LogP contribution in [0.2, 0.25) is 0 Å². The molecule has 0 spiro atoms. The zero-order chi connectivity index (χ0) is 20.7. The second-order valence-electron chi connectivity index (χ2n) is 7.67. The molecule has 2 aromatic carbocycles. The molecule has 1 aliphatic heterocycles. The number of methoxy groups -OCH3 is 1. The fourth-order valence-electron chi connectivity index (χ4n) is 3.93. The maximum Gasteiger partial charge on any atom is 0.236 e. The predicted octanol–water partition coefficient (Wildman–Crippen LogP) is 4.71. The van der Waals surface area contributed by atoms with Crippen LogP contribution >= 0.6 is 0 Å². The van der Waals surface area contributed by atoms with Crippen molar-refractivity contribution < 1.29 is 20.4 Å². The van der Waals surface area contributed by atoms with E-state index in [9.17, 15) is 4.79 Å². The number of ether oxygens (including phenoxy) is 3. The largest absolute Gasteiger partial charge is 0.497 e. The van der Waals surface area contributed by atoms with Crippen LogP contribution in [0, 0.1) is 6.92 Å². The molecule has 0 bridgehead atoms. The first-order chi connectivity index (χ1) is 14.6. The summed E-state index contributed by atoms with van der Waals surface area (Å²) in [6.45, 7) is 2.16. The average molecular weight is 404 g/mol. The number of amides is 1. The van der Waals surface area contributed by atoms with Gasteiger partial charge in [-0.1, -0.05) is 18.2 Å². The van der Waals surface area contributed by atoms with Crippen molar-refractivity contribution >= 4 is 11.7 Å². The third-order valence-electron chi connectivity index (χ3n) is 5.82. The monoisotopic (exact) mass is 404 g/mol. The summed E-state index contributed by atoms with van der Waals surface area (Å²) in [5.41, 5.74) is 3.30. The molecule has 1 aromatic heterocycles. The highest BCUT2D eigenvalue weighted by atomic mass is 16.7. The average Bonchev–Trinajstić information content (AvgIpc) is 3.45. The van der Waals surface area contributed by atoms with E-state index in [0.29, 0.717) is 11.6 Å². The molecule has 1 saturated carbocycles. The van der Waals surface area contributed by atoms with Gasteiger partial charge < -0.3 is 19.5 Å². The molecule has 30 heavy (non-hydrogen) atoms. The Morgan fingerprint density at radius 2 is 1.93 bits per heavy atom. The molecule has 6 heteroatoms. The van der Waals surface area contributed by atoms with Gasteiger partial charge in [-0.15, -0.1) is 0 Å². The maximum atomic E-state index is 13.1. The lowest BCUT2D eigenvalue weighted by Gasteiger charge is -2.17. The molecule has 1 fully saturated rings. The van der Waals surface area contributed by atoms with Gasteiger partial charge in [-0.3, -0.25) is 4.79 Å². The smallest absolute Gasteiger partial charge is 0.236 e. The second-order valence-corrected chi connectivity index (χ2v) is 7.67. The minimum absolute atomic E-state index is 0. The van der Waals surface area contributed by atoms with Crippen LogP contribution in [-0.4, -0.2) is 24.8 Å². The summed E-state index contributed by atoms with van der Waals surface area (Å²) in [7, 11) is 1.65. The molecule has 2 heterocycles. The van der Waals surface area contributed by atoms with Gasteiger partial charge in [0.15, 0.2) is 11.5 Å². The molecular weight excluding hydrogens is 380 g/mol. The quantitative estimate of drug-likeness (QED) is 0.667. The van der Waals surface area contributed by atoms with Gasteiger partial charge in [0, 0.05) is 12.7 Å². The van der Waals surface area contributed by atoms with Gasteiger partial charge in [-0.05, 0) is 67.3 Å². The number of hydrogen-bond acceptors (Lipinski definition) is 5. The van der Waals surface area contributed by atoms with E-state index < -0.39 is 5.41 Å². The van der Waals surface area contributed by atoms with Gasteiger partial charge in [0.1, 0.15) is 11.6 Å². The lowest BCUT2D eigenvalue weighted by molar-refractivity contribution is -0.118.